The van der Waals surface area contributed by atoms with E-state index in [1.165, 1.54) is 0 Å². The summed E-state index contributed by atoms with van der Waals surface area (Å²) in [5.41, 5.74) is 6.01. The number of rotatable bonds is 4. The number of hydrogen-bond donors (Lipinski definition) is 0. The molecule has 0 spiro atoms. The van der Waals surface area contributed by atoms with Gasteiger partial charge >= 0.3 is 0 Å². The Morgan fingerprint density at radius 3 is 1.96 bits per heavy atom. The number of anilines is 1. The van der Waals surface area contributed by atoms with Gasteiger partial charge in [0.1, 0.15) is 37.1 Å². The second-order valence-electron chi connectivity index (χ2n) is 14.8. The van der Waals surface area contributed by atoms with Crippen LogP contribution in [-0.4, -0.2) is 44.3 Å². The van der Waals surface area contributed by atoms with Crippen molar-refractivity contribution in [2.24, 2.45) is 10.8 Å². The van der Waals surface area contributed by atoms with Crippen molar-refractivity contribution in [1.82, 2.24) is 0 Å². The summed E-state index contributed by atoms with van der Waals surface area (Å²) in [5.74, 6) is 2.38. The molecule has 0 N–H and O–H groups in total. The second-order valence-corrected chi connectivity index (χ2v) is 14.8. The number of Topliss-reactive ketones (excluding diaryl/α,β-unsaturated/α-hetero) is 1. The molecule has 2 heterocycles. The molecule has 0 saturated heterocycles. The van der Waals surface area contributed by atoms with Gasteiger partial charge in [0, 0.05) is 65.0 Å². The normalized spacial score (nSPS) is 20.3. The molecular formula is C41H46N2O4. The highest BCUT2D eigenvalue weighted by molar-refractivity contribution is 6.21. The van der Waals surface area contributed by atoms with Gasteiger partial charge in [0.2, 0.25) is 0 Å². The lowest BCUT2D eigenvalue weighted by Gasteiger charge is -2.33. The van der Waals surface area contributed by atoms with Crippen molar-refractivity contribution >= 4 is 22.9 Å². The van der Waals surface area contributed by atoms with Crippen molar-refractivity contribution in [3.05, 3.63) is 141 Å². The Morgan fingerprint density at radius 1 is 0.830 bits per heavy atom. The Labute approximate surface area is 279 Å². The van der Waals surface area contributed by atoms with E-state index in [0.29, 0.717) is 17.1 Å². The summed E-state index contributed by atoms with van der Waals surface area (Å²) in [5, 5.41) is 13.7. The van der Waals surface area contributed by atoms with Crippen LogP contribution in [-0.2, 0) is 14.3 Å². The van der Waals surface area contributed by atoms with Crippen LogP contribution < -0.4 is 10.0 Å². The van der Waals surface area contributed by atoms with Gasteiger partial charge in [-0.15, -0.1) is 0 Å². The molecule has 0 amide bonds. The summed E-state index contributed by atoms with van der Waals surface area (Å²) in [6.45, 7) is 14.3. The maximum atomic E-state index is 13.7. The van der Waals surface area contributed by atoms with Crippen molar-refractivity contribution in [3.63, 3.8) is 0 Å². The zero-order valence-electron chi connectivity index (χ0n) is 29.5. The molecule has 244 valence electrons. The highest BCUT2D eigenvalue weighted by Crippen LogP contribution is 2.41. The van der Waals surface area contributed by atoms with Crippen LogP contribution in [0.25, 0.3) is 5.76 Å². The van der Waals surface area contributed by atoms with Crippen LogP contribution in [0, 0.1) is 10.8 Å². The largest absolute Gasteiger partial charge is 0.871 e. The monoisotopic (exact) mass is 630 g/mol. The Kier molecular flexibility index (Phi) is 8.85. The molecule has 0 unspecified atom stereocenters. The summed E-state index contributed by atoms with van der Waals surface area (Å²) < 4.78 is 14.8. The fourth-order valence-corrected chi connectivity index (χ4v) is 5.39. The molecule has 2 aliphatic carbocycles. The highest BCUT2D eigenvalue weighted by atomic mass is 16.5. The van der Waals surface area contributed by atoms with Crippen molar-refractivity contribution in [3.8, 4) is 0 Å². The first-order valence-corrected chi connectivity index (χ1v) is 16.0. The summed E-state index contributed by atoms with van der Waals surface area (Å²) >= 11 is 0. The average Bonchev–Trinajstić information content (AvgIpc) is 3.02. The molecule has 1 aromatic carbocycles. The first-order valence-electron chi connectivity index (χ1n) is 16.0. The van der Waals surface area contributed by atoms with E-state index in [2.05, 4.69) is 41.5 Å². The van der Waals surface area contributed by atoms with Crippen LogP contribution in [0.4, 0.5) is 5.69 Å². The summed E-state index contributed by atoms with van der Waals surface area (Å²) in [6, 6.07) is 8.12. The predicted octanol–water partition coefficient (Wildman–Crippen LogP) is 7.47. The van der Waals surface area contributed by atoms with Crippen LogP contribution in [0.1, 0.15) is 54.0 Å². The van der Waals surface area contributed by atoms with Crippen molar-refractivity contribution in [1.29, 1.82) is 0 Å². The van der Waals surface area contributed by atoms with Gasteiger partial charge in [0.25, 0.3) is 0 Å². The third-order valence-electron chi connectivity index (χ3n) is 8.49. The fourth-order valence-electron chi connectivity index (χ4n) is 5.39. The minimum Gasteiger partial charge on any atom is -0.871 e. The standard InChI is InChI=1S/C41H46N2O4/c1-25(29-23-34(47-36(24-29)41(5,6)7)28-14-18-31(19-15-28)43(10)11)37-38(44)32(39(37)45)20-26-21-33(46-35(22-26)40(2,3)4)27-12-16-30(17-13-27)42(8)9/h12-24H,1-11H3. The summed E-state index contributed by atoms with van der Waals surface area (Å²) in [7, 11) is 8.01. The molecule has 2 aliphatic heterocycles. The molecule has 47 heavy (non-hydrogen) atoms. The topological polar surface area (TPSA) is 64.8 Å². The Morgan fingerprint density at radius 2 is 1.43 bits per heavy atom. The molecule has 0 atom stereocenters. The van der Waals surface area contributed by atoms with Gasteiger partial charge < -0.3 is 19.5 Å². The quantitative estimate of drug-likeness (QED) is 0.255. The number of benzene rings is 1. The van der Waals surface area contributed by atoms with Gasteiger partial charge in [0.05, 0.1) is 0 Å². The van der Waals surface area contributed by atoms with E-state index in [-0.39, 0.29) is 33.5 Å². The van der Waals surface area contributed by atoms with Gasteiger partial charge in [-0.3, -0.25) is 4.79 Å². The fraction of sp³-hybridized carbons (Fsp3) is 0.317. The van der Waals surface area contributed by atoms with Crippen LogP contribution in [0.5, 0.6) is 0 Å². The van der Waals surface area contributed by atoms with E-state index < -0.39 is 0 Å². The van der Waals surface area contributed by atoms with E-state index in [0.717, 1.165) is 45.2 Å². The van der Waals surface area contributed by atoms with E-state index in [1.807, 2.05) is 117 Å². The molecule has 6 heteroatoms. The maximum absolute atomic E-state index is 13.7. The molecule has 1 aromatic rings. The first kappa shape index (κ1) is 33.5. The molecular weight excluding hydrogens is 584 g/mol. The molecule has 0 radical (unpaired) electrons. The Bertz CT molecular complexity index is 1860. The van der Waals surface area contributed by atoms with Crippen molar-refractivity contribution in [2.45, 2.75) is 48.5 Å². The predicted molar refractivity (Wildman–Crippen MR) is 189 cm³/mol. The molecule has 6 nitrogen and oxygen atoms in total. The maximum Gasteiger partial charge on any atom is 0.199 e. The molecule has 0 saturated carbocycles. The number of ketones is 1. The third kappa shape index (κ3) is 6.97. The van der Waals surface area contributed by atoms with Crippen molar-refractivity contribution < 1.29 is 24.0 Å². The summed E-state index contributed by atoms with van der Waals surface area (Å²) in [4.78, 5) is 15.7. The SMILES string of the molecule is CC(C1=CC(=C2C=CC(=[N+](C)C)C=C2)OC(C(C)(C)C)=C1)=C1C(=O)C(C=C2C=C(c3ccc(N(C)C)cc3)OC(C(C)(C)C)=C2)=C1[O-]. The Balaban J connectivity index is 1.55. The minimum atomic E-state index is -0.286. The molecule has 5 rings (SSSR count). The highest BCUT2D eigenvalue weighted by Gasteiger charge is 2.32. The van der Waals surface area contributed by atoms with Gasteiger partial charge in [-0.2, -0.15) is 0 Å². The molecule has 0 bridgehead atoms. The van der Waals surface area contributed by atoms with E-state index >= 15 is 0 Å². The number of carbonyl (C=O) groups is 1. The van der Waals surface area contributed by atoms with E-state index in [1.54, 1.807) is 6.08 Å². The lowest BCUT2D eigenvalue weighted by atomic mass is 9.80. The van der Waals surface area contributed by atoms with Gasteiger partial charge in [-0.05, 0) is 90.4 Å². The van der Waals surface area contributed by atoms with Crippen LogP contribution in [0.3, 0.4) is 0 Å². The smallest absolute Gasteiger partial charge is 0.199 e. The second kappa shape index (κ2) is 12.4. The number of allylic oxidation sites excluding steroid dienone is 17. The summed E-state index contributed by atoms with van der Waals surface area (Å²) in [6.07, 6.45) is 17.5. The van der Waals surface area contributed by atoms with Crippen LogP contribution >= 0.6 is 0 Å². The average molecular weight is 631 g/mol. The first-order chi connectivity index (χ1) is 21.9. The number of ether oxygens (including phenoxy) is 2. The third-order valence-corrected chi connectivity index (χ3v) is 8.49. The Hall–Kier alpha value is -4.84. The molecule has 0 aromatic heterocycles. The lowest BCUT2D eigenvalue weighted by Crippen LogP contribution is -2.31. The van der Waals surface area contributed by atoms with E-state index in [9.17, 15) is 9.90 Å². The lowest BCUT2D eigenvalue weighted by molar-refractivity contribution is -0.462. The van der Waals surface area contributed by atoms with Crippen molar-refractivity contribution in [2.75, 3.05) is 33.1 Å². The van der Waals surface area contributed by atoms with Gasteiger partial charge in [0.15, 0.2) is 11.5 Å². The zero-order valence-corrected chi connectivity index (χ0v) is 29.5. The van der Waals surface area contributed by atoms with Gasteiger partial charge in [-0.25, -0.2) is 4.58 Å². The number of hydrogen-bond acceptors (Lipinski definition) is 5. The van der Waals surface area contributed by atoms with Crippen LogP contribution in [0.15, 0.2) is 135 Å². The zero-order chi connectivity index (χ0) is 34.4. The minimum absolute atomic E-state index is 0.176. The van der Waals surface area contributed by atoms with Crippen LogP contribution in [0.2, 0.25) is 0 Å². The van der Waals surface area contributed by atoms with E-state index in [4.69, 9.17) is 9.47 Å². The molecule has 4 aliphatic rings. The number of carbonyl (C=O) groups excluding carboxylic acids is 1. The molecule has 0 fully saturated rings. The van der Waals surface area contributed by atoms with Gasteiger partial charge in [-0.1, -0.05) is 47.3 Å². The number of nitrogens with zero attached hydrogens (tertiary/aromatic N) is 2.